The van der Waals surface area contributed by atoms with E-state index >= 15 is 8.78 Å². The van der Waals surface area contributed by atoms with Crippen LogP contribution in [0.5, 0.6) is 0 Å². The number of nitrogens with one attached hydrogen (secondary N) is 2. The van der Waals surface area contributed by atoms with Crippen molar-refractivity contribution < 1.29 is 23.2 Å². The fourth-order valence-corrected chi connectivity index (χ4v) is 4.27. The third kappa shape index (κ3) is 3.64. The molecule has 2 N–H and O–H groups in total. The summed E-state index contributed by atoms with van der Waals surface area (Å²) in [4.78, 5) is 36.6. The minimum atomic E-state index is -3.74. The summed E-state index contributed by atoms with van der Waals surface area (Å²) in [6, 6.07) is 17.4. The van der Waals surface area contributed by atoms with Gasteiger partial charge in [0.15, 0.2) is 0 Å². The third-order valence-electron chi connectivity index (χ3n) is 6.18. The molecule has 164 valence electrons. The summed E-state index contributed by atoms with van der Waals surface area (Å²) < 4.78 is 30.1. The smallest absolute Gasteiger partial charge is 0.321 e. The van der Waals surface area contributed by atoms with Crippen molar-refractivity contribution in [3.63, 3.8) is 0 Å². The summed E-state index contributed by atoms with van der Waals surface area (Å²) in [6.07, 6.45) is 1.09. The van der Waals surface area contributed by atoms with E-state index in [1.165, 1.54) is 24.3 Å². The van der Waals surface area contributed by atoms with E-state index in [1.54, 1.807) is 42.5 Å². The summed E-state index contributed by atoms with van der Waals surface area (Å²) in [7, 11) is 0. The zero-order chi connectivity index (χ0) is 22.9. The summed E-state index contributed by atoms with van der Waals surface area (Å²) >= 11 is 0. The molecule has 0 aliphatic carbocycles. The van der Waals surface area contributed by atoms with Gasteiger partial charge < -0.3 is 5.32 Å². The molecule has 1 saturated heterocycles. The summed E-state index contributed by atoms with van der Waals surface area (Å²) in [6.45, 7) is 1.86. The van der Waals surface area contributed by atoms with E-state index in [0.717, 1.165) is 0 Å². The van der Waals surface area contributed by atoms with Gasteiger partial charge in [-0.3, -0.25) is 19.7 Å². The van der Waals surface area contributed by atoms with Crippen LogP contribution in [0.25, 0.3) is 10.8 Å². The van der Waals surface area contributed by atoms with Crippen LogP contribution in [0.15, 0.2) is 66.7 Å². The normalized spacial score (nSPS) is 19.0. The van der Waals surface area contributed by atoms with Gasteiger partial charge in [0, 0.05) is 17.7 Å². The minimum Gasteiger partial charge on any atom is -0.321 e. The average Bonchev–Trinajstić information content (AvgIpc) is 2.80. The zero-order valence-corrected chi connectivity index (χ0v) is 17.5. The van der Waals surface area contributed by atoms with Crippen LogP contribution in [0, 0.1) is 0 Å². The number of alkyl halides is 2. The lowest BCUT2D eigenvalue weighted by Crippen LogP contribution is -2.51. The number of amides is 3. The van der Waals surface area contributed by atoms with Crippen LogP contribution in [-0.2, 0) is 25.7 Å². The van der Waals surface area contributed by atoms with Crippen molar-refractivity contribution in [1.29, 1.82) is 0 Å². The quantitative estimate of drug-likeness (QED) is 0.572. The van der Waals surface area contributed by atoms with Crippen LogP contribution in [0.1, 0.15) is 37.3 Å². The predicted octanol–water partition coefficient (Wildman–Crippen LogP) is 4.65. The first-order valence-corrected chi connectivity index (χ1v) is 10.4. The molecule has 1 heterocycles. The van der Waals surface area contributed by atoms with Gasteiger partial charge in [-0.25, -0.2) is 0 Å². The SMILES string of the molecule is CC[C@@]1(c2ccc(NC(=O)C(F)(F)c3cccc4ccccc34)cc2)CCC(=O)NC1=O. The van der Waals surface area contributed by atoms with E-state index in [2.05, 4.69) is 10.6 Å². The van der Waals surface area contributed by atoms with Crippen molar-refractivity contribution in [1.82, 2.24) is 5.32 Å². The van der Waals surface area contributed by atoms with E-state index in [1.807, 2.05) is 6.92 Å². The maximum absolute atomic E-state index is 15.0. The lowest BCUT2D eigenvalue weighted by Gasteiger charge is -2.35. The summed E-state index contributed by atoms with van der Waals surface area (Å²) in [5.41, 5.74) is -0.359. The summed E-state index contributed by atoms with van der Waals surface area (Å²) in [5, 5.41) is 5.59. The minimum absolute atomic E-state index is 0.192. The Morgan fingerprint density at radius 3 is 2.41 bits per heavy atom. The Morgan fingerprint density at radius 2 is 1.72 bits per heavy atom. The molecule has 1 fully saturated rings. The number of imide groups is 1. The van der Waals surface area contributed by atoms with Gasteiger partial charge in [-0.1, -0.05) is 61.5 Å². The van der Waals surface area contributed by atoms with Crippen molar-refractivity contribution in [2.45, 2.75) is 37.5 Å². The molecule has 3 aromatic carbocycles. The van der Waals surface area contributed by atoms with Crippen LogP contribution >= 0.6 is 0 Å². The standard InChI is InChI=1S/C25H22F2N2O3/c1-2-24(15-14-21(30)29-22(24)31)17-10-12-18(13-11-17)28-23(32)25(26,27)20-9-5-7-16-6-3-4-8-19(16)20/h3-13H,2,14-15H2,1H3,(H,28,32)(H,29,30,31)/t24-/m0/s1. The number of benzene rings is 3. The first-order chi connectivity index (χ1) is 15.3. The second-order valence-corrected chi connectivity index (χ2v) is 7.95. The predicted molar refractivity (Wildman–Crippen MR) is 117 cm³/mol. The molecule has 0 unspecified atom stereocenters. The van der Waals surface area contributed by atoms with Crippen molar-refractivity contribution >= 4 is 34.2 Å². The molecular formula is C25H22F2N2O3. The largest absolute Gasteiger partial charge is 0.350 e. The van der Waals surface area contributed by atoms with Crippen LogP contribution < -0.4 is 10.6 Å². The number of carbonyl (C=O) groups excluding carboxylic acids is 3. The van der Waals surface area contributed by atoms with Crippen molar-refractivity contribution in [2.75, 3.05) is 5.32 Å². The molecular weight excluding hydrogens is 414 g/mol. The Kier molecular flexibility index (Phi) is 5.50. The molecule has 1 aliphatic heterocycles. The molecule has 0 radical (unpaired) electrons. The second-order valence-electron chi connectivity index (χ2n) is 7.95. The lowest BCUT2D eigenvalue weighted by atomic mass is 9.72. The molecule has 5 nitrogen and oxygen atoms in total. The fourth-order valence-electron chi connectivity index (χ4n) is 4.27. The van der Waals surface area contributed by atoms with Crippen LogP contribution in [0.3, 0.4) is 0 Å². The van der Waals surface area contributed by atoms with Crippen molar-refractivity contribution in [2.24, 2.45) is 0 Å². The van der Waals surface area contributed by atoms with Gasteiger partial charge in [-0.15, -0.1) is 0 Å². The van der Waals surface area contributed by atoms with Gasteiger partial charge in [-0.05, 0) is 41.3 Å². The number of carbonyl (C=O) groups is 3. The fraction of sp³-hybridized carbons (Fsp3) is 0.240. The molecule has 3 aromatic rings. The van der Waals surface area contributed by atoms with Gasteiger partial charge in [0.2, 0.25) is 11.8 Å². The molecule has 1 atom stereocenters. The number of halogens is 2. The maximum Gasteiger partial charge on any atom is 0.350 e. The Bertz CT molecular complexity index is 1200. The van der Waals surface area contributed by atoms with E-state index in [9.17, 15) is 14.4 Å². The molecule has 7 heteroatoms. The lowest BCUT2D eigenvalue weighted by molar-refractivity contribution is -0.141. The highest BCUT2D eigenvalue weighted by atomic mass is 19.3. The van der Waals surface area contributed by atoms with E-state index < -0.39 is 17.2 Å². The number of hydrogen-bond acceptors (Lipinski definition) is 3. The number of rotatable bonds is 5. The Hall–Kier alpha value is -3.61. The van der Waals surface area contributed by atoms with Crippen LogP contribution in [-0.4, -0.2) is 17.7 Å². The van der Waals surface area contributed by atoms with Gasteiger partial charge >= 0.3 is 5.92 Å². The first kappa shape index (κ1) is 21.6. The third-order valence-corrected chi connectivity index (χ3v) is 6.18. The molecule has 32 heavy (non-hydrogen) atoms. The highest BCUT2D eigenvalue weighted by Gasteiger charge is 2.44. The number of anilines is 1. The highest BCUT2D eigenvalue weighted by molar-refractivity contribution is 6.04. The molecule has 0 spiro atoms. The summed E-state index contributed by atoms with van der Waals surface area (Å²) in [5.74, 6) is -5.85. The topological polar surface area (TPSA) is 75.3 Å². The van der Waals surface area contributed by atoms with Gasteiger partial charge in [0.05, 0.1) is 5.41 Å². The Balaban J connectivity index is 1.57. The average molecular weight is 436 g/mol. The van der Waals surface area contributed by atoms with Crippen LogP contribution in [0.2, 0.25) is 0 Å². The van der Waals surface area contributed by atoms with E-state index in [0.29, 0.717) is 29.2 Å². The van der Waals surface area contributed by atoms with Gasteiger partial charge in [0.25, 0.3) is 5.91 Å². The van der Waals surface area contributed by atoms with Gasteiger partial charge in [-0.2, -0.15) is 8.78 Å². The molecule has 0 bridgehead atoms. The number of piperidine rings is 1. The van der Waals surface area contributed by atoms with E-state index in [4.69, 9.17) is 0 Å². The monoisotopic (exact) mass is 436 g/mol. The van der Waals surface area contributed by atoms with Crippen molar-refractivity contribution in [3.05, 3.63) is 77.9 Å². The molecule has 1 aliphatic rings. The zero-order valence-electron chi connectivity index (χ0n) is 17.5. The van der Waals surface area contributed by atoms with Crippen LogP contribution in [0.4, 0.5) is 14.5 Å². The molecule has 0 saturated carbocycles. The van der Waals surface area contributed by atoms with E-state index in [-0.39, 0.29) is 29.5 Å². The maximum atomic E-state index is 15.0. The number of hydrogen-bond donors (Lipinski definition) is 2. The highest BCUT2D eigenvalue weighted by Crippen LogP contribution is 2.37. The Labute approximate surface area is 183 Å². The molecule has 0 aromatic heterocycles. The number of fused-ring (bicyclic) bond motifs is 1. The molecule has 4 rings (SSSR count). The van der Waals surface area contributed by atoms with Gasteiger partial charge in [0.1, 0.15) is 0 Å². The second kappa shape index (κ2) is 8.15. The Morgan fingerprint density at radius 1 is 1.03 bits per heavy atom. The first-order valence-electron chi connectivity index (χ1n) is 10.4. The molecule has 3 amide bonds. The van der Waals surface area contributed by atoms with Crippen molar-refractivity contribution in [3.8, 4) is 0 Å².